The van der Waals surface area contributed by atoms with E-state index in [2.05, 4.69) is 31.9 Å². The van der Waals surface area contributed by atoms with Gasteiger partial charge in [-0.3, -0.25) is 9.89 Å². The molecule has 4 rings (SSSR count). The molecular weight excluding hydrogens is 320 g/mol. The lowest BCUT2D eigenvalue weighted by Gasteiger charge is -2.31. The number of aryl methyl sites for hydroxylation is 1. The van der Waals surface area contributed by atoms with Crippen molar-refractivity contribution in [3.63, 3.8) is 0 Å². The van der Waals surface area contributed by atoms with Gasteiger partial charge in [-0.15, -0.1) is 10.2 Å². The fourth-order valence-corrected chi connectivity index (χ4v) is 3.32. The first-order chi connectivity index (χ1) is 12.3. The Labute approximate surface area is 144 Å². The predicted octanol–water partition coefficient (Wildman–Crippen LogP) is 2.30. The minimum atomic E-state index is -0.0514. The van der Waals surface area contributed by atoms with E-state index in [-0.39, 0.29) is 5.91 Å². The highest BCUT2D eigenvalue weighted by atomic mass is 16.3. The van der Waals surface area contributed by atoms with Crippen LogP contribution in [0.4, 0.5) is 0 Å². The van der Waals surface area contributed by atoms with Crippen molar-refractivity contribution in [3.05, 3.63) is 42.3 Å². The van der Waals surface area contributed by atoms with E-state index in [9.17, 15) is 4.79 Å². The molecule has 0 radical (unpaired) electrons. The molecule has 4 heterocycles. The molecule has 0 spiro atoms. The average Bonchev–Trinajstić information content (AvgIpc) is 3.41. The van der Waals surface area contributed by atoms with Crippen molar-refractivity contribution in [2.75, 3.05) is 13.1 Å². The Morgan fingerprint density at radius 1 is 1.40 bits per heavy atom. The summed E-state index contributed by atoms with van der Waals surface area (Å²) in [5.74, 6) is 1.99. The van der Waals surface area contributed by atoms with Gasteiger partial charge in [-0.2, -0.15) is 5.10 Å². The quantitative estimate of drug-likeness (QED) is 0.786. The summed E-state index contributed by atoms with van der Waals surface area (Å²) in [5, 5.41) is 15.3. The monoisotopic (exact) mass is 340 g/mol. The highest BCUT2D eigenvalue weighted by Gasteiger charge is 2.28. The number of likely N-dealkylation sites (tertiary alicyclic amines) is 1. The van der Waals surface area contributed by atoms with Crippen LogP contribution < -0.4 is 0 Å². The molecule has 1 saturated heterocycles. The van der Waals surface area contributed by atoms with Gasteiger partial charge in [0.1, 0.15) is 17.8 Å². The van der Waals surface area contributed by atoms with Gasteiger partial charge >= 0.3 is 0 Å². The Bertz CT molecular complexity index is 842. The van der Waals surface area contributed by atoms with Crippen LogP contribution in [0.5, 0.6) is 0 Å². The summed E-state index contributed by atoms with van der Waals surface area (Å²) in [5.41, 5.74) is 1.13. The van der Waals surface area contributed by atoms with Gasteiger partial charge in [0.25, 0.3) is 5.91 Å². The molecule has 1 N–H and O–H groups in total. The van der Waals surface area contributed by atoms with E-state index in [1.807, 2.05) is 11.0 Å². The van der Waals surface area contributed by atoms with Gasteiger partial charge in [-0.1, -0.05) is 0 Å². The summed E-state index contributed by atoms with van der Waals surface area (Å²) >= 11 is 0. The van der Waals surface area contributed by atoms with Gasteiger partial charge in [-0.25, -0.2) is 0 Å². The summed E-state index contributed by atoms with van der Waals surface area (Å²) in [6, 6.07) is 5.37. The fraction of sp³-hybridized carbons (Fsp3) is 0.412. The second kappa shape index (κ2) is 6.54. The zero-order valence-electron chi connectivity index (χ0n) is 14.1. The van der Waals surface area contributed by atoms with Crippen LogP contribution in [-0.2, 0) is 6.54 Å². The SMILES string of the molecule is CCn1cnnc1C1CCN(C(=O)c2cc(-c3ccco3)[nH]n2)CC1. The van der Waals surface area contributed by atoms with Crippen LogP contribution in [0.3, 0.4) is 0 Å². The maximum Gasteiger partial charge on any atom is 0.274 e. The largest absolute Gasteiger partial charge is 0.463 e. The van der Waals surface area contributed by atoms with Crippen LogP contribution in [0.15, 0.2) is 35.2 Å². The van der Waals surface area contributed by atoms with Crippen molar-refractivity contribution in [1.29, 1.82) is 0 Å². The number of hydrogen-bond donors (Lipinski definition) is 1. The third-order valence-corrected chi connectivity index (χ3v) is 4.72. The Balaban J connectivity index is 1.41. The number of rotatable bonds is 4. The lowest BCUT2D eigenvalue weighted by atomic mass is 9.95. The van der Waals surface area contributed by atoms with Crippen molar-refractivity contribution < 1.29 is 9.21 Å². The van der Waals surface area contributed by atoms with Gasteiger partial charge in [0.2, 0.25) is 0 Å². The number of furan rings is 1. The molecule has 0 bridgehead atoms. The first kappa shape index (κ1) is 15.6. The molecule has 0 aliphatic carbocycles. The number of piperidine rings is 1. The van der Waals surface area contributed by atoms with E-state index in [1.54, 1.807) is 24.7 Å². The van der Waals surface area contributed by atoms with E-state index in [4.69, 9.17) is 4.42 Å². The topological polar surface area (TPSA) is 92.8 Å². The smallest absolute Gasteiger partial charge is 0.274 e. The maximum atomic E-state index is 12.7. The fourth-order valence-electron chi connectivity index (χ4n) is 3.32. The molecule has 1 amide bonds. The number of carbonyl (C=O) groups excluding carboxylic acids is 1. The molecular formula is C17H20N6O2. The van der Waals surface area contributed by atoms with E-state index in [0.29, 0.717) is 36.2 Å². The van der Waals surface area contributed by atoms with Crippen LogP contribution in [0.1, 0.15) is 42.0 Å². The van der Waals surface area contributed by atoms with Crippen LogP contribution in [0.2, 0.25) is 0 Å². The molecule has 0 aromatic carbocycles. The Morgan fingerprint density at radius 3 is 2.96 bits per heavy atom. The normalized spacial score (nSPS) is 15.6. The lowest BCUT2D eigenvalue weighted by molar-refractivity contribution is 0.0704. The highest BCUT2D eigenvalue weighted by molar-refractivity contribution is 5.93. The maximum absolute atomic E-state index is 12.7. The van der Waals surface area contributed by atoms with E-state index in [0.717, 1.165) is 25.2 Å². The molecule has 0 saturated carbocycles. The molecule has 1 aliphatic rings. The summed E-state index contributed by atoms with van der Waals surface area (Å²) in [6.07, 6.45) is 5.14. The molecule has 1 fully saturated rings. The van der Waals surface area contributed by atoms with Gasteiger partial charge in [0.15, 0.2) is 11.5 Å². The van der Waals surface area contributed by atoms with Crippen molar-refractivity contribution in [3.8, 4) is 11.5 Å². The van der Waals surface area contributed by atoms with Crippen LogP contribution in [0, 0.1) is 0 Å². The first-order valence-corrected chi connectivity index (χ1v) is 8.52. The molecule has 1 aliphatic heterocycles. The number of H-pyrrole nitrogens is 1. The molecule has 25 heavy (non-hydrogen) atoms. The number of aromatic nitrogens is 5. The highest BCUT2D eigenvalue weighted by Crippen LogP contribution is 2.27. The molecule has 8 nitrogen and oxygen atoms in total. The van der Waals surface area contributed by atoms with Crippen molar-refractivity contribution in [2.24, 2.45) is 0 Å². The Hall–Kier alpha value is -2.90. The number of amides is 1. The zero-order chi connectivity index (χ0) is 17.2. The summed E-state index contributed by atoms with van der Waals surface area (Å²) in [7, 11) is 0. The van der Waals surface area contributed by atoms with E-state index >= 15 is 0 Å². The van der Waals surface area contributed by atoms with Crippen LogP contribution in [0.25, 0.3) is 11.5 Å². The summed E-state index contributed by atoms with van der Waals surface area (Å²) in [4.78, 5) is 14.5. The van der Waals surface area contributed by atoms with Gasteiger partial charge in [-0.05, 0) is 31.9 Å². The number of carbonyl (C=O) groups is 1. The molecule has 3 aromatic rings. The Kier molecular flexibility index (Phi) is 4.09. The third kappa shape index (κ3) is 2.95. The van der Waals surface area contributed by atoms with Crippen molar-refractivity contribution in [1.82, 2.24) is 29.9 Å². The molecule has 0 unspecified atom stereocenters. The summed E-state index contributed by atoms with van der Waals surface area (Å²) in [6.45, 7) is 4.34. The number of aromatic amines is 1. The van der Waals surface area contributed by atoms with Gasteiger partial charge < -0.3 is 13.9 Å². The molecule has 130 valence electrons. The van der Waals surface area contributed by atoms with E-state index in [1.165, 1.54) is 0 Å². The minimum Gasteiger partial charge on any atom is -0.463 e. The first-order valence-electron chi connectivity index (χ1n) is 8.52. The van der Waals surface area contributed by atoms with Gasteiger partial charge in [0, 0.05) is 31.6 Å². The predicted molar refractivity (Wildman–Crippen MR) is 89.9 cm³/mol. The van der Waals surface area contributed by atoms with Crippen molar-refractivity contribution >= 4 is 5.91 Å². The van der Waals surface area contributed by atoms with Crippen LogP contribution in [-0.4, -0.2) is 48.9 Å². The zero-order valence-corrected chi connectivity index (χ0v) is 14.1. The lowest BCUT2D eigenvalue weighted by Crippen LogP contribution is -2.38. The molecule has 0 atom stereocenters. The third-order valence-electron chi connectivity index (χ3n) is 4.72. The number of nitrogens with zero attached hydrogens (tertiary/aromatic N) is 5. The summed E-state index contributed by atoms with van der Waals surface area (Å²) < 4.78 is 7.40. The standard InChI is InChI=1S/C17H20N6O2/c1-2-22-11-18-21-16(22)12-5-7-23(8-6-12)17(24)14-10-13(19-20-14)15-4-3-9-25-15/h3-4,9-12H,2,5-8H2,1H3,(H,19,20). The molecule has 3 aromatic heterocycles. The Morgan fingerprint density at radius 2 is 2.24 bits per heavy atom. The van der Waals surface area contributed by atoms with Gasteiger partial charge in [0.05, 0.1) is 6.26 Å². The minimum absolute atomic E-state index is 0.0514. The number of hydrogen-bond acceptors (Lipinski definition) is 5. The molecule has 8 heteroatoms. The average molecular weight is 340 g/mol. The number of nitrogens with one attached hydrogen (secondary N) is 1. The second-order valence-electron chi connectivity index (χ2n) is 6.19. The second-order valence-corrected chi connectivity index (χ2v) is 6.19. The van der Waals surface area contributed by atoms with Crippen LogP contribution >= 0.6 is 0 Å². The van der Waals surface area contributed by atoms with Crippen molar-refractivity contribution in [2.45, 2.75) is 32.2 Å². The van der Waals surface area contributed by atoms with E-state index < -0.39 is 0 Å².